The van der Waals surface area contributed by atoms with Crippen LogP contribution < -0.4 is 10.1 Å². The zero-order valence-corrected chi connectivity index (χ0v) is 17.4. The molecule has 1 saturated heterocycles. The highest BCUT2D eigenvalue weighted by atomic mass is 16.5. The van der Waals surface area contributed by atoms with Gasteiger partial charge in [-0.3, -0.25) is 9.59 Å². The highest BCUT2D eigenvalue weighted by Gasteiger charge is 2.32. The molecule has 1 aliphatic carbocycles. The van der Waals surface area contributed by atoms with E-state index < -0.39 is 6.04 Å². The fourth-order valence-corrected chi connectivity index (χ4v) is 4.44. The first kappa shape index (κ1) is 20.5. The molecule has 1 aliphatic heterocycles. The molecule has 1 heterocycles. The van der Waals surface area contributed by atoms with Gasteiger partial charge in [0, 0.05) is 25.1 Å². The molecule has 1 unspecified atom stereocenters. The molecular weight excluding hydrogens is 376 g/mol. The number of nitrogens with one attached hydrogen (secondary N) is 1. The quantitative estimate of drug-likeness (QED) is 0.742. The van der Waals surface area contributed by atoms with Crippen molar-refractivity contribution in [3.05, 3.63) is 65.7 Å². The Morgan fingerprint density at radius 1 is 1.00 bits per heavy atom. The number of ether oxygens (including phenoxy) is 1. The zero-order valence-electron chi connectivity index (χ0n) is 17.4. The van der Waals surface area contributed by atoms with E-state index in [0.29, 0.717) is 19.5 Å². The number of carbonyl (C=O) groups is 2. The van der Waals surface area contributed by atoms with E-state index in [9.17, 15) is 9.59 Å². The smallest absolute Gasteiger partial charge is 0.247 e. The van der Waals surface area contributed by atoms with Crippen molar-refractivity contribution in [3.8, 4) is 5.75 Å². The van der Waals surface area contributed by atoms with E-state index in [-0.39, 0.29) is 17.9 Å². The third-order valence-corrected chi connectivity index (χ3v) is 6.06. The van der Waals surface area contributed by atoms with Crippen LogP contribution in [-0.2, 0) is 16.1 Å². The molecule has 0 aromatic heterocycles. The van der Waals surface area contributed by atoms with Gasteiger partial charge in [-0.1, -0.05) is 48.5 Å². The molecule has 0 radical (unpaired) electrons. The number of carbonyl (C=O) groups excluding carboxylic acids is 2. The number of likely N-dealkylation sites (tertiary alicyclic amines) is 1. The lowest BCUT2D eigenvalue weighted by molar-refractivity contribution is -0.142. The van der Waals surface area contributed by atoms with Crippen molar-refractivity contribution >= 4 is 11.8 Å². The van der Waals surface area contributed by atoms with Crippen LogP contribution in [0.2, 0.25) is 0 Å². The third-order valence-electron chi connectivity index (χ3n) is 6.06. The Bertz CT molecular complexity index is 862. The fraction of sp³-hybridized carbons (Fsp3) is 0.440. The fourth-order valence-electron chi connectivity index (χ4n) is 4.44. The Labute approximate surface area is 178 Å². The Morgan fingerprint density at radius 3 is 2.50 bits per heavy atom. The minimum absolute atomic E-state index is 0.0511. The summed E-state index contributed by atoms with van der Waals surface area (Å²) in [6.07, 6.45) is 7.21. The van der Waals surface area contributed by atoms with E-state index in [0.717, 1.165) is 42.6 Å². The number of benzene rings is 2. The van der Waals surface area contributed by atoms with Crippen LogP contribution in [0.3, 0.4) is 0 Å². The second kappa shape index (κ2) is 9.79. The molecule has 30 heavy (non-hydrogen) atoms. The van der Waals surface area contributed by atoms with Crippen LogP contribution >= 0.6 is 0 Å². The molecule has 0 bridgehead atoms. The second-order valence-corrected chi connectivity index (χ2v) is 8.21. The summed E-state index contributed by atoms with van der Waals surface area (Å²) < 4.78 is 6.20. The van der Waals surface area contributed by atoms with E-state index in [2.05, 4.69) is 5.32 Å². The van der Waals surface area contributed by atoms with Crippen LogP contribution in [-0.4, -0.2) is 29.4 Å². The molecule has 5 heteroatoms. The number of hydrogen-bond acceptors (Lipinski definition) is 3. The van der Waals surface area contributed by atoms with Crippen LogP contribution in [0.15, 0.2) is 54.6 Å². The minimum Gasteiger partial charge on any atom is -0.490 e. The van der Waals surface area contributed by atoms with Gasteiger partial charge in [-0.25, -0.2) is 0 Å². The van der Waals surface area contributed by atoms with Crippen molar-refractivity contribution in [2.24, 2.45) is 0 Å². The summed E-state index contributed by atoms with van der Waals surface area (Å²) >= 11 is 0. The molecule has 2 aromatic carbocycles. The summed E-state index contributed by atoms with van der Waals surface area (Å²) in [5.74, 6) is 0.748. The molecule has 0 spiro atoms. The third kappa shape index (κ3) is 4.84. The van der Waals surface area contributed by atoms with Crippen molar-refractivity contribution in [3.63, 3.8) is 0 Å². The Kier molecular flexibility index (Phi) is 6.67. The first-order valence-electron chi connectivity index (χ1n) is 11.1. The van der Waals surface area contributed by atoms with Crippen LogP contribution in [0.5, 0.6) is 5.75 Å². The lowest BCUT2D eigenvalue weighted by atomic mass is 10.0. The summed E-state index contributed by atoms with van der Waals surface area (Å²) in [6.45, 7) is 1.00. The number of amides is 2. The van der Waals surface area contributed by atoms with Gasteiger partial charge in [-0.05, 0) is 50.2 Å². The molecule has 2 aliphatic rings. The van der Waals surface area contributed by atoms with Crippen molar-refractivity contribution < 1.29 is 14.3 Å². The average Bonchev–Trinajstić information content (AvgIpc) is 3.29. The predicted molar refractivity (Wildman–Crippen MR) is 116 cm³/mol. The molecule has 1 N–H and O–H groups in total. The molecule has 4 rings (SSSR count). The van der Waals surface area contributed by atoms with Gasteiger partial charge in [0.15, 0.2) is 0 Å². The zero-order chi connectivity index (χ0) is 20.8. The Morgan fingerprint density at radius 2 is 1.73 bits per heavy atom. The lowest BCUT2D eigenvalue weighted by Gasteiger charge is -2.34. The highest BCUT2D eigenvalue weighted by Crippen LogP contribution is 2.28. The Hall–Kier alpha value is -2.82. The number of nitrogens with zero attached hydrogens (tertiary/aromatic N) is 1. The normalized spacial score (nSPS) is 18.3. The van der Waals surface area contributed by atoms with Gasteiger partial charge >= 0.3 is 0 Å². The lowest BCUT2D eigenvalue weighted by Crippen LogP contribution is -2.45. The maximum atomic E-state index is 13.3. The van der Waals surface area contributed by atoms with Gasteiger partial charge in [-0.15, -0.1) is 0 Å². The largest absolute Gasteiger partial charge is 0.490 e. The van der Waals surface area contributed by atoms with Gasteiger partial charge in [0.05, 0.1) is 6.10 Å². The highest BCUT2D eigenvalue weighted by molar-refractivity contribution is 5.89. The predicted octanol–water partition coefficient (Wildman–Crippen LogP) is 4.38. The van der Waals surface area contributed by atoms with Crippen LogP contribution in [0.4, 0.5) is 0 Å². The second-order valence-electron chi connectivity index (χ2n) is 8.21. The van der Waals surface area contributed by atoms with E-state index in [1.165, 1.54) is 12.8 Å². The van der Waals surface area contributed by atoms with Crippen LogP contribution in [0.1, 0.15) is 62.1 Å². The topological polar surface area (TPSA) is 58.6 Å². The molecular formula is C25H30N2O3. The summed E-state index contributed by atoms with van der Waals surface area (Å²) in [6, 6.07) is 16.9. The van der Waals surface area contributed by atoms with Gasteiger partial charge in [0.2, 0.25) is 11.8 Å². The van der Waals surface area contributed by atoms with E-state index in [4.69, 9.17) is 4.74 Å². The van der Waals surface area contributed by atoms with Gasteiger partial charge in [0.25, 0.3) is 0 Å². The van der Waals surface area contributed by atoms with E-state index in [1.807, 2.05) is 54.6 Å². The monoisotopic (exact) mass is 406 g/mol. The summed E-state index contributed by atoms with van der Waals surface area (Å²) in [4.78, 5) is 27.6. The summed E-state index contributed by atoms with van der Waals surface area (Å²) in [5, 5.41) is 3.07. The van der Waals surface area contributed by atoms with E-state index in [1.54, 1.807) is 4.90 Å². The van der Waals surface area contributed by atoms with Crippen molar-refractivity contribution in [2.45, 2.75) is 63.6 Å². The van der Waals surface area contributed by atoms with Crippen molar-refractivity contribution in [1.82, 2.24) is 10.2 Å². The molecule has 2 fully saturated rings. The maximum absolute atomic E-state index is 13.3. The molecule has 1 saturated carbocycles. The van der Waals surface area contributed by atoms with Crippen LogP contribution in [0, 0.1) is 0 Å². The molecule has 2 amide bonds. The molecule has 5 nitrogen and oxygen atoms in total. The molecule has 2 aromatic rings. The van der Waals surface area contributed by atoms with Crippen molar-refractivity contribution in [1.29, 1.82) is 0 Å². The summed E-state index contributed by atoms with van der Waals surface area (Å²) in [7, 11) is 0. The minimum atomic E-state index is -0.595. The van der Waals surface area contributed by atoms with Gasteiger partial charge in [-0.2, -0.15) is 0 Å². The SMILES string of the molecule is O=C(NCc1ccccc1OC1CCCC1)C(c1ccccc1)N1CCCCC1=O. The number of hydrogen-bond donors (Lipinski definition) is 1. The maximum Gasteiger partial charge on any atom is 0.247 e. The molecule has 1 atom stereocenters. The number of piperidine rings is 1. The number of para-hydroxylation sites is 1. The standard InChI is InChI=1S/C25H30N2O3/c28-23-16-8-9-17-27(23)24(19-10-2-1-3-11-19)25(29)26-18-20-12-4-7-15-22(20)30-21-13-5-6-14-21/h1-4,7,10-12,15,21,24H,5-6,8-9,13-14,16-18H2,(H,26,29). The van der Waals surface area contributed by atoms with Gasteiger partial charge in [0.1, 0.15) is 11.8 Å². The summed E-state index contributed by atoms with van der Waals surface area (Å²) in [5.41, 5.74) is 1.82. The van der Waals surface area contributed by atoms with Gasteiger partial charge < -0.3 is 15.0 Å². The average molecular weight is 407 g/mol. The molecule has 158 valence electrons. The van der Waals surface area contributed by atoms with E-state index >= 15 is 0 Å². The Balaban J connectivity index is 1.49. The van der Waals surface area contributed by atoms with Crippen molar-refractivity contribution in [2.75, 3.05) is 6.54 Å². The van der Waals surface area contributed by atoms with Crippen LogP contribution in [0.25, 0.3) is 0 Å². The number of rotatable bonds is 7. The first-order valence-corrected chi connectivity index (χ1v) is 11.1. The first-order chi connectivity index (χ1) is 14.7.